The Morgan fingerprint density at radius 1 is 1.25 bits per heavy atom. The maximum atomic E-state index is 9.88. The number of nitrogens with zero attached hydrogens (tertiary/aromatic N) is 1. The molecule has 0 unspecified atom stereocenters. The predicted octanol–water partition coefficient (Wildman–Crippen LogP) is 3.55. The van der Waals surface area contributed by atoms with Gasteiger partial charge in [0.15, 0.2) is 5.11 Å². The minimum Gasteiger partial charge on any atom is -0.507 e. The molecule has 0 aliphatic rings. The molecule has 2 aromatic rings. The lowest BCUT2D eigenvalue weighted by Gasteiger charge is -2.09. The van der Waals surface area contributed by atoms with Crippen LogP contribution >= 0.6 is 28.1 Å². The van der Waals surface area contributed by atoms with Gasteiger partial charge in [-0.2, -0.15) is 5.10 Å². The molecule has 3 N–H and O–H groups in total. The van der Waals surface area contributed by atoms with Crippen LogP contribution in [0.3, 0.4) is 0 Å². The summed E-state index contributed by atoms with van der Waals surface area (Å²) in [5, 5.41) is 17.5. The number of aromatic hydroxyl groups is 1. The maximum Gasteiger partial charge on any atom is 0.187 e. The molecule has 0 saturated heterocycles. The quantitative estimate of drug-likeness (QED) is 0.401. The fraction of sp³-hybridized carbons (Fsp3) is 0.176. The van der Waals surface area contributed by atoms with Crippen molar-refractivity contribution in [3.63, 3.8) is 0 Å². The number of hydrogen-bond donors (Lipinski definition) is 3. The van der Waals surface area contributed by atoms with Crippen LogP contribution in [0.15, 0.2) is 52.0 Å². The summed E-state index contributed by atoms with van der Waals surface area (Å²) in [6.45, 7) is 2.37. The number of benzene rings is 2. The molecule has 0 saturated carbocycles. The van der Waals surface area contributed by atoms with Gasteiger partial charge in [-0.15, -0.1) is 0 Å². The molecule has 7 heteroatoms. The fourth-order valence-corrected chi connectivity index (χ4v) is 2.44. The van der Waals surface area contributed by atoms with E-state index in [9.17, 15) is 5.11 Å². The summed E-state index contributed by atoms with van der Waals surface area (Å²) in [7, 11) is 1.63. The summed E-state index contributed by atoms with van der Waals surface area (Å²) in [4.78, 5) is 0. The van der Waals surface area contributed by atoms with Crippen LogP contribution in [-0.4, -0.2) is 23.0 Å². The first-order valence-electron chi connectivity index (χ1n) is 7.19. The lowest BCUT2D eigenvalue weighted by Crippen LogP contribution is -2.32. The van der Waals surface area contributed by atoms with E-state index in [0.29, 0.717) is 22.9 Å². The van der Waals surface area contributed by atoms with Gasteiger partial charge in [-0.05, 0) is 55.0 Å². The van der Waals surface area contributed by atoms with Gasteiger partial charge in [0.05, 0.1) is 12.8 Å². The third-order valence-corrected chi connectivity index (χ3v) is 4.01. The fourth-order valence-electron chi connectivity index (χ4n) is 1.96. The molecule has 0 amide bonds. The van der Waals surface area contributed by atoms with Crippen molar-refractivity contribution in [2.24, 2.45) is 5.10 Å². The van der Waals surface area contributed by atoms with Crippen LogP contribution in [0.25, 0.3) is 0 Å². The highest BCUT2D eigenvalue weighted by Crippen LogP contribution is 2.22. The largest absolute Gasteiger partial charge is 0.507 e. The van der Waals surface area contributed by atoms with E-state index in [1.54, 1.807) is 32.2 Å². The Balaban J connectivity index is 1.90. The third kappa shape index (κ3) is 5.21. The van der Waals surface area contributed by atoms with E-state index in [2.05, 4.69) is 31.8 Å². The molecule has 0 heterocycles. The zero-order valence-electron chi connectivity index (χ0n) is 13.3. The molecule has 0 aromatic heterocycles. The second-order valence-corrected chi connectivity index (χ2v) is 6.33. The van der Waals surface area contributed by atoms with Gasteiger partial charge in [0.2, 0.25) is 0 Å². The van der Waals surface area contributed by atoms with E-state index in [0.717, 1.165) is 15.8 Å². The molecule has 0 fully saturated rings. The van der Waals surface area contributed by atoms with Crippen molar-refractivity contribution in [1.29, 1.82) is 0 Å². The lowest BCUT2D eigenvalue weighted by atomic mass is 10.1. The number of methoxy groups -OCH3 is 1. The van der Waals surface area contributed by atoms with Crippen LogP contribution < -0.4 is 15.5 Å². The van der Waals surface area contributed by atoms with Gasteiger partial charge in [0, 0.05) is 16.6 Å². The van der Waals surface area contributed by atoms with Crippen molar-refractivity contribution in [2.45, 2.75) is 13.5 Å². The summed E-state index contributed by atoms with van der Waals surface area (Å²) in [5.41, 5.74) is 5.11. The number of nitrogens with one attached hydrogen (secondary N) is 2. The standard InChI is InChI=1S/C17H18BrN3O2S/c1-11(15-9-13(18)5-8-16(15)22)20-21-17(24)19-10-12-3-6-14(23-2)7-4-12/h3-9,22H,10H2,1-2H3,(H2,19,21,24)/b20-11+. The summed E-state index contributed by atoms with van der Waals surface area (Å²) in [6.07, 6.45) is 0. The Kier molecular flexibility index (Phi) is 6.57. The summed E-state index contributed by atoms with van der Waals surface area (Å²) in [6, 6.07) is 12.9. The molecule has 0 aliphatic heterocycles. The number of phenols is 1. The highest BCUT2D eigenvalue weighted by atomic mass is 79.9. The first kappa shape index (κ1) is 18.2. The highest BCUT2D eigenvalue weighted by Gasteiger charge is 2.05. The minimum absolute atomic E-state index is 0.165. The Hall–Kier alpha value is -2.12. The molecule has 0 spiro atoms. The minimum atomic E-state index is 0.165. The van der Waals surface area contributed by atoms with Gasteiger partial charge in [0.1, 0.15) is 11.5 Å². The van der Waals surface area contributed by atoms with E-state index in [1.165, 1.54) is 0 Å². The van der Waals surface area contributed by atoms with Gasteiger partial charge in [-0.3, -0.25) is 5.43 Å². The van der Waals surface area contributed by atoms with E-state index < -0.39 is 0 Å². The summed E-state index contributed by atoms with van der Waals surface area (Å²) < 4.78 is 5.99. The Labute approximate surface area is 154 Å². The van der Waals surface area contributed by atoms with E-state index >= 15 is 0 Å². The second kappa shape index (κ2) is 8.65. The second-order valence-electron chi connectivity index (χ2n) is 5.00. The maximum absolute atomic E-state index is 9.88. The van der Waals surface area contributed by atoms with Crippen LogP contribution in [0.5, 0.6) is 11.5 Å². The van der Waals surface area contributed by atoms with Crippen molar-refractivity contribution in [3.8, 4) is 11.5 Å². The molecule has 24 heavy (non-hydrogen) atoms. The van der Waals surface area contributed by atoms with Crippen LogP contribution in [0.1, 0.15) is 18.1 Å². The van der Waals surface area contributed by atoms with E-state index in [4.69, 9.17) is 17.0 Å². The van der Waals surface area contributed by atoms with Crippen LogP contribution in [0.2, 0.25) is 0 Å². The zero-order valence-corrected chi connectivity index (χ0v) is 15.7. The molecule has 2 aromatic carbocycles. The van der Waals surface area contributed by atoms with Gasteiger partial charge >= 0.3 is 0 Å². The summed E-state index contributed by atoms with van der Waals surface area (Å²) in [5.74, 6) is 0.979. The summed E-state index contributed by atoms with van der Waals surface area (Å²) >= 11 is 8.58. The van der Waals surface area contributed by atoms with Crippen molar-refractivity contribution in [2.75, 3.05) is 7.11 Å². The molecule has 0 radical (unpaired) electrons. The normalized spacial score (nSPS) is 11.0. The average Bonchev–Trinajstić information content (AvgIpc) is 2.60. The lowest BCUT2D eigenvalue weighted by molar-refractivity contribution is 0.414. The highest BCUT2D eigenvalue weighted by molar-refractivity contribution is 9.10. The first-order valence-corrected chi connectivity index (χ1v) is 8.39. The van der Waals surface area contributed by atoms with Crippen molar-refractivity contribution < 1.29 is 9.84 Å². The number of halogens is 1. The van der Waals surface area contributed by atoms with Gasteiger partial charge in [-0.1, -0.05) is 28.1 Å². The monoisotopic (exact) mass is 407 g/mol. The molecule has 2 rings (SSSR count). The molecular weight excluding hydrogens is 390 g/mol. The first-order chi connectivity index (χ1) is 11.5. The van der Waals surface area contributed by atoms with Gasteiger partial charge in [-0.25, -0.2) is 0 Å². The average molecular weight is 408 g/mol. The van der Waals surface area contributed by atoms with E-state index in [-0.39, 0.29) is 5.75 Å². The molecule has 5 nitrogen and oxygen atoms in total. The number of hydrazone groups is 1. The Morgan fingerprint density at radius 3 is 2.62 bits per heavy atom. The third-order valence-electron chi connectivity index (χ3n) is 3.29. The number of thiocarbonyl (C=S) groups is 1. The van der Waals surface area contributed by atoms with Crippen molar-refractivity contribution in [3.05, 3.63) is 58.1 Å². The number of rotatable bonds is 5. The van der Waals surface area contributed by atoms with Gasteiger partial charge < -0.3 is 15.2 Å². The molecule has 0 bridgehead atoms. The molecule has 126 valence electrons. The van der Waals surface area contributed by atoms with Gasteiger partial charge in [0.25, 0.3) is 0 Å². The predicted molar refractivity (Wildman–Crippen MR) is 104 cm³/mol. The molecular formula is C17H18BrN3O2S. The van der Waals surface area contributed by atoms with Crippen LogP contribution in [0, 0.1) is 0 Å². The number of hydrogen-bond acceptors (Lipinski definition) is 4. The Morgan fingerprint density at radius 2 is 1.96 bits per heavy atom. The van der Waals surface area contributed by atoms with E-state index in [1.807, 2.05) is 24.3 Å². The van der Waals surface area contributed by atoms with Crippen molar-refractivity contribution >= 4 is 39.0 Å². The SMILES string of the molecule is COc1ccc(CNC(=S)N/N=C(\C)c2cc(Br)ccc2O)cc1. The number of ether oxygens (including phenoxy) is 1. The molecule has 0 atom stereocenters. The molecule has 0 aliphatic carbocycles. The van der Waals surface area contributed by atoms with Crippen LogP contribution in [-0.2, 0) is 6.54 Å². The van der Waals surface area contributed by atoms with Crippen LogP contribution in [0.4, 0.5) is 0 Å². The Bertz CT molecular complexity index is 748. The van der Waals surface area contributed by atoms with Crippen molar-refractivity contribution in [1.82, 2.24) is 10.7 Å². The number of phenolic OH excluding ortho intramolecular Hbond substituents is 1. The topological polar surface area (TPSA) is 65.9 Å². The zero-order chi connectivity index (χ0) is 17.5. The smallest absolute Gasteiger partial charge is 0.187 e.